The molecule has 0 amide bonds. The fourth-order valence-electron chi connectivity index (χ4n) is 3.73. The van der Waals surface area contributed by atoms with Crippen molar-refractivity contribution in [1.29, 1.82) is 0 Å². The number of nitrogens with zero attached hydrogens (tertiary/aromatic N) is 1. The molecule has 2 aliphatic rings. The topological polar surface area (TPSA) is 28.4 Å². The molecular formula is C16H19ClN2OS. The fraction of sp³-hybridized carbons (Fsp3) is 0.500. The van der Waals surface area contributed by atoms with Crippen LogP contribution in [-0.4, -0.2) is 30.1 Å². The van der Waals surface area contributed by atoms with Gasteiger partial charge in [-0.05, 0) is 50.1 Å². The van der Waals surface area contributed by atoms with Crippen LogP contribution in [-0.2, 0) is 0 Å². The molecule has 0 aliphatic carbocycles. The van der Waals surface area contributed by atoms with Crippen LogP contribution in [0.5, 0.6) is 0 Å². The Bertz CT molecular complexity index is 597. The van der Waals surface area contributed by atoms with Crippen LogP contribution in [0.15, 0.2) is 34.9 Å². The Balaban J connectivity index is 1.58. The summed E-state index contributed by atoms with van der Waals surface area (Å²) in [6, 6.07) is 9.43. The lowest BCUT2D eigenvalue weighted by molar-refractivity contribution is 0.289. The van der Waals surface area contributed by atoms with E-state index < -0.39 is 0 Å². The third kappa shape index (κ3) is 2.66. The molecule has 2 aromatic heterocycles. The zero-order valence-corrected chi connectivity index (χ0v) is 13.4. The van der Waals surface area contributed by atoms with Gasteiger partial charge in [0.25, 0.3) is 0 Å². The summed E-state index contributed by atoms with van der Waals surface area (Å²) >= 11 is 7.76. The average Bonchev–Trinajstić information content (AvgIpc) is 3.22. The Morgan fingerprint density at radius 2 is 2.24 bits per heavy atom. The van der Waals surface area contributed by atoms with E-state index in [0.717, 1.165) is 10.1 Å². The molecule has 3 nitrogen and oxygen atoms in total. The Kier molecular flexibility index (Phi) is 3.79. The molecule has 0 bridgehead atoms. The van der Waals surface area contributed by atoms with Gasteiger partial charge in [-0.2, -0.15) is 0 Å². The average molecular weight is 323 g/mol. The number of hydrogen-bond acceptors (Lipinski definition) is 4. The molecule has 2 saturated heterocycles. The Labute approximate surface area is 133 Å². The van der Waals surface area contributed by atoms with E-state index in [1.54, 1.807) is 17.6 Å². The highest BCUT2D eigenvalue weighted by atomic mass is 35.5. The molecule has 1 N–H and O–H groups in total. The van der Waals surface area contributed by atoms with Crippen LogP contribution in [0.25, 0.3) is 0 Å². The second-order valence-corrected chi connectivity index (χ2v) is 7.64. The van der Waals surface area contributed by atoms with Gasteiger partial charge in [0.2, 0.25) is 0 Å². The van der Waals surface area contributed by atoms with E-state index in [9.17, 15) is 0 Å². The lowest BCUT2D eigenvalue weighted by Gasteiger charge is -2.25. The SMILES string of the molecule is Clc1ccc(C(NC2CCN3CCCC23)c2ccco2)s1. The van der Waals surface area contributed by atoms with Gasteiger partial charge in [0.15, 0.2) is 0 Å². The van der Waals surface area contributed by atoms with Crippen molar-refractivity contribution < 1.29 is 4.42 Å². The lowest BCUT2D eigenvalue weighted by Crippen LogP contribution is -2.41. The van der Waals surface area contributed by atoms with Crippen molar-refractivity contribution in [3.05, 3.63) is 45.5 Å². The summed E-state index contributed by atoms with van der Waals surface area (Å²) in [4.78, 5) is 3.85. The first-order valence-corrected chi connectivity index (χ1v) is 8.79. The fourth-order valence-corrected chi connectivity index (χ4v) is 4.86. The molecule has 2 aliphatic heterocycles. The lowest BCUT2D eigenvalue weighted by atomic mass is 10.0. The van der Waals surface area contributed by atoms with Gasteiger partial charge in [-0.1, -0.05) is 11.6 Å². The van der Waals surface area contributed by atoms with Gasteiger partial charge in [0, 0.05) is 23.5 Å². The molecule has 3 atom stereocenters. The van der Waals surface area contributed by atoms with Gasteiger partial charge < -0.3 is 4.42 Å². The molecule has 21 heavy (non-hydrogen) atoms. The largest absolute Gasteiger partial charge is 0.467 e. The van der Waals surface area contributed by atoms with E-state index in [1.807, 2.05) is 18.2 Å². The van der Waals surface area contributed by atoms with Crippen LogP contribution in [0.3, 0.4) is 0 Å². The van der Waals surface area contributed by atoms with E-state index in [2.05, 4.69) is 16.3 Å². The number of rotatable bonds is 4. The molecule has 0 spiro atoms. The van der Waals surface area contributed by atoms with E-state index >= 15 is 0 Å². The van der Waals surface area contributed by atoms with E-state index in [1.165, 1.54) is 37.2 Å². The summed E-state index contributed by atoms with van der Waals surface area (Å²) in [5, 5.41) is 3.84. The van der Waals surface area contributed by atoms with Crippen LogP contribution in [0.4, 0.5) is 0 Å². The van der Waals surface area contributed by atoms with Crippen LogP contribution in [0, 0.1) is 0 Å². The molecule has 4 heterocycles. The summed E-state index contributed by atoms with van der Waals surface area (Å²) in [5.74, 6) is 0.977. The maximum absolute atomic E-state index is 6.12. The second kappa shape index (κ2) is 5.76. The van der Waals surface area contributed by atoms with Gasteiger partial charge in [-0.15, -0.1) is 11.3 Å². The van der Waals surface area contributed by atoms with Crippen molar-refractivity contribution in [2.24, 2.45) is 0 Å². The minimum absolute atomic E-state index is 0.114. The highest BCUT2D eigenvalue weighted by molar-refractivity contribution is 7.16. The highest BCUT2D eigenvalue weighted by Crippen LogP contribution is 2.35. The molecule has 4 rings (SSSR count). The zero-order chi connectivity index (χ0) is 14.2. The van der Waals surface area contributed by atoms with E-state index in [4.69, 9.17) is 16.0 Å². The maximum atomic E-state index is 6.12. The summed E-state index contributed by atoms with van der Waals surface area (Å²) in [6.45, 7) is 2.48. The predicted molar refractivity (Wildman–Crippen MR) is 86.0 cm³/mol. The molecule has 112 valence electrons. The first-order chi connectivity index (χ1) is 10.3. The molecule has 0 radical (unpaired) electrons. The van der Waals surface area contributed by atoms with E-state index in [0.29, 0.717) is 12.1 Å². The smallest absolute Gasteiger partial charge is 0.126 e. The van der Waals surface area contributed by atoms with Gasteiger partial charge >= 0.3 is 0 Å². The van der Waals surface area contributed by atoms with E-state index in [-0.39, 0.29) is 6.04 Å². The van der Waals surface area contributed by atoms with Crippen molar-refractivity contribution in [1.82, 2.24) is 10.2 Å². The monoisotopic (exact) mass is 322 g/mol. The quantitative estimate of drug-likeness (QED) is 0.925. The summed E-state index contributed by atoms with van der Waals surface area (Å²) in [6.07, 6.45) is 5.61. The molecule has 2 fully saturated rings. The third-order valence-electron chi connectivity index (χ3n) is 4.69. The number of thiophene rings is 1. The standard InChI is InChI=1S/C16H19ClN2OS/c17-15-6-5-14(21-15)16(13-4-2-10-20-13)18-11-7-9-19-8-1-3-12(11)19/h2,4-6,10-12,16,18H,1,3,7-9H2. The Morgan fingerprint density at radius 3 is 3.00 bits per heavy atom. The van der Waals surface area contributed by atoms with Crippen molar-refractivity contribution >= 4 is 22.9 Å². The van der Waals surface area contributed by atoms with Crippen LogP contribution in [0.2, 0.25) is 4.34 Å². The predicted octanol–water partition coefficient (Wildman–Crippen LogP) is 3.91. The van der Waals surface area contributed by atoms with Gasteiger partial charge in [0.05, 0.1) is 10.6 Å². The summed E-state index contributed by atoms with van der Waals surface area (Å²) in [7, 11) is 0. The highest BCUT2D eigenvalue weighted by Gasteiger charge is 2.38. The minimum atomic E-state index is 0.114. The van der Waals surface area contributed by atoms with Crippen molar-refractivity contribution in [3.63, 3.8) is 0 Å². The Morgan fingerprint density at radius 1 is 1.29 bits per heavy atom. The molecule has 0 aromatic carbocycles. The summed E-state index contributed by atoms with van der Waals surface area (Å²) in [5.41, 5.74) is 0. The third-order valence-corrected chi connectivity index (χ3v) is 5.99. The zero-order valence-electron chi connectivity index (χ0n) is 11.8. The van der Waals surface area contributed by atoms with Gasteiger partial charge in [-0.25, -0.2) is 0 Å². The van der Waals surface area contributed by atoms with Crippen LogP contribution in [0.1, 0.15) is 35.9 Å². The van der Waals surface area contributed by atoms with Crippen molar-refractivity contribution in [2.45, 2.75) is 37.4 Å². The number of halogens is 1. The molecule has 2 aromatic rings. The van der Waals surface area contributed by atoms with Crippen molar-refractivity contribution in [2.75, 3.05) is 13.1 Å². The number of fused-ring (bicyclic) bond motifs is 1. The Hall–Kier alpha value is -0.810. The van der Waals surface area contributed by atoms with Gasteiger partial charge in [0.1, 0.15) is 11.8 Å². The normalized spacial score (nSPS) is 27.1. The number of furan rings is 1. The first kappa shape index (κ1) is 13.8. The molecule has 0 saturated carbocycles. The van der Waals surface area contributed by atoms with Crippen LogP contribution < -0.4 is 5.32 Å². The number of hydrogen-bond donors (Lipinski definition) is 1. The minimum Gasteiger partial charge on any atom is -0.467 e. The number of nitrogens with one attached hydrogen (secondary N) is 1. The molecule has 3 unspecified atom stereocenters. The molecule has 5 heteroatoms. The van der Waals surface area contributed by atoms with Gasteiger partial charge in [-0.3, -0.25) is 10.2 Å². The maximum Gasteiger partial charge on any atom is 0.126 e. The summed E-state index contributed by atoms with van der Waals surface area (Å²) < 4.78 is 6.50. The second-order valence-electron chi connectivity index (χ2n) is 5.90. The molecular weight excluding hydrogens is 304 g/mol. The van der Waals surface area contributed by atoms with Crippen molar-refractivity contribution in [3.8, 4) is 0 Å². The van der Waals surface area contributed by atoms with Crippen LogP contribution >= 0.6 is 22.9 Å². The first-order valence-electron chi connectivity index (χ1n) is 7.60.